The van der Waals surface area contributed by atoms with Crippen molar-refractivity contribution >= 4 is 15.8 Å². The molecule has 0 bridgehead atoms. The van der Waals surface area contributed by atoms with Crippen LogP contribution in [-0.4, -0.2) is 24.5 Å². The third-order valence-electron chi connectivity index (χ3n) is 2.62. The average molecular weight is 295 g/mol. The van der Waals surface area contributed by atoms with Gasteiger partial charge in [-0.05, 0) is 35.9 Å². The monoisotopic (exact) mass is 295 g/mol. The Bertz CT molecular complexity index is 744. The molecule has 0 aliphatic carbocycles. The van der Waals surface area contributed by atoms with Crippen LogP contribution in [0.25, 0.3) is 0 Å². The van der Waals surface area contributed by atoms with Gasteiger partial charge in [-0.25, -0.2) is 17.6 Å². The van der Waals surface area contributed by atoms with Crippen molar-refractivity contribution in [2.24, 2.45) is 0 Å². The van der Waals surface area contributed by atoms with Crippen LogP contribution < -0.4 is 0 Å². The molecule has 0 saturated carbocycles. The van der Waals surface area contributed by atoms with Gasteiger partial charge in [0.1, 0.15) is 10.7 Å². The second-order valence-electron chi connectivity index (χ2n) is 4.06. The van der Waals surface area contributed by atoms with E-state index in [0.717, 1.165) is 12.1 Å². The third-order valence-corrected chi connectivity index (χ3v) is 4.33. The average Bonchev–Trinajstić information content (AvgIpc) is 2.38. The quantitative estimate of drug-likeness (QED) is 0.931. The third kappa shape index (κ3) is 3.00. The van der Waals surface area contributed by atoms with Crippen molar-refractivity contribution in [2.45, 2.75) is 10.6 Å². The number of sulfone groups is 1. The molecule has 1 aromatic carbocycles. The van der Waals surface area contributed by atoms with Crippen LogP contribution >= 0.6 is 0 Å². The summed E-state index contributed by atoms with van der Waals surface area (Å²) in [5.74, 6) is -2.76. The van der Waals surface area contributed by atoms with Gasteiger partial charge in [0.25, 0.3) is 0 Å². The van der Waals surface area contributed by atoms with Gasteiger partial charge in [0.05, 0.1) is 11.3 Å². The highest BCUT2D eigenvalue weighted by Crippen LogP contribution is 2.20. The van der Waals surface area contributed by atoms with Crippen LogP contribution in [0, 0.1) is 5.82 Å². The molecule has 0 saturated heterocycles. The summed E-state index contributed by atoms with van der Waals surface area (Å²) in [6, 6.07) is 5.75. The second-order valence-corrected chi connectivity index (χ2v) is 6.02. The number of pyridine rings is 1. The molecule has 1 aromatic heterocycles. The lowest BCUT2D eigenvalue weighted by atomic mass is 10.2. The fourth-order valence-corrected chi connectivity index (χ4v) is 3.08. The number of rotatable bonds is 4. The molecule has 0 aliphatic heterocycles. The van der Waals surface area contributed by atoms with E-state index >= 15 is 0 Å². The van der Waals surface area contributed by atoms with E-state index in [1.165, 1.54) is 24.5 Å². The van der Waals surface area contributed by atoms with Gasteiger partial charge < -0.3 is 5.11 Å². The number of carbonyl (C=O) groups is 1. The van der Waals surface area contributed by atoms with Gasteiger partial charge in [-0.3, -0.25) is 4.98 Å². The van der Waals surface area contributed by atoms with Gasteiger partial charge in [-0.2, -0.15) is 0 Å². The van der Waals surface area contributed by atoms with E-state index in [1.807, 2.05) is 0 Å². The Kier molecular flexibility index (Phi) is 3.80. The van der Waals surface area contributed by atoms with Gasteiger partial charge >= 0.3 is 5.97 Å². The summed E-state index contributed by atoms with van der Waals surface area (Å²) >= 11 is 0. The lowest BCUT2D eigenvalue weighted by Crippen LogP contribution is -2.08. The molecule has 0 spiro atoms. The molecule has 104 valence electrons. The largest absolute Gasteiger partial charge is 0.478 e. The molecule has 2 aromatic rings. The fraction of sp³-hybridized carbons (Fsp3) is 0.0769. The molecular weight excluding hydrogens is 285 g/mol. The molecular formula is C13H10FNO4S. The minimum atomic E-state index is -3.88. The topological polar surface area (TPSA) is 84.3 Å². The first kappa shape index (κ1) is 14.1. The maximum Gasteiger partial charge on any atom is 0.335 e. The number of aromatic nitrogens is 1. The summed E-state index contributed by atoms with van der Waals surface area (Å²) in [6.45, 7) is 0. The minimum absolute atomic E-state index is 0.301. The van der Waals surface area contributed by atoms with Gasteiger partial charge in [0.15, 0.2) is 9.84 Å². The van der Waals surface area contributed by atoms with E-state index < -0.39 is 26.5 Å². The van der Waals surface area contributed by atoms with Gasteiger partial charge in [0, 0.05) is 12.4 Å². The first-order valence-corrected chi connectivity index (χ1v) is 7.20. The van der Waals surface area contributed by atoms with E-state index in [0.29, 0.717) is 11.6 Å². The van der Waals surface area contributed by atoms with Crippen molar-refractivity contribution in [1.29, 1.82) is 0 Å². The normalized spacial score (nSPS) is 11.2. The van der Waals surface area contributed by atoms with E-state index in [2.05, 4.69) is 4.98 Å². The summed E-state index contributed by atoms with van der Waals surface area (Å²) in [4.78, 5) is 13.9. The summed E-state index contributed by atoms with van der Waals surface area (Å²) in [7, 11) is -3.88. The molecule has 2 rings (SSSR count). The molecule has 0 atom stereocenters. The number of aromatic carboxylic acids is 1. The van der Waals surface area contributed by atoms with Crippen molar-refractivity contribution in [2.75, 3.05) is 0 Å². The molecule has 1 N–H and O–H groups in total. The minimum Gasteiger partial charge on any atom is -0.478 e. The first-order chi connectivity index (χ1) is 9.40. The highest BCUT2D eigenvalue weighted by molar-refractivity contribution is 7.90. The summed E-state index contributed by atoms with van der Waals surface area (Å²) in [5, 5.41) is 8.72. The Morgan fingerprint density at radius 1 is 1.20 bits per heavy atom. The number of halogens is 1. The second kappa shape index (κ2) is 5.38. The van der Waals surface area contributed by atoms with E-state index in [9.17, 15) is 17.6 Å². The fourth-order valence-electron chi connectivity index (χ4n) is 1.66. The molecule has 1 heterocycles. The summed E-state index contributed by atoms with van der Waals surface area (Å²) in [6.07, 6.45) is 2.88. The zero-order valence-electron chi connectivity index (χ0n) is 10.2. The van der Waals surface area contributed by atoms with Crippen LogP contribution in [0.2, 0.25) is 0 Å². The molecule has 0 radical (unpaired) electrons. The molecule has 5 nitrogen and oxygen atoms in total. The predicted molar refractivity (Wildman–Crippen MR) is 68.5 cm³/mol. The van der Waals surface area contributed by atoms with Gasteiger partial charge in [-0.1, -0.05) is 0 Å². The number of hydrogen-bond donors (Lipinski definition) is 1. The van der Waals surface area contributed by atoms with Gasteiger partial charge in [0.2, 0.25) is 0 Å². The van der Waals surface area contributed by atoms with Crippen molar-refractivity contribution < 1.29 is 22.7 Å². The Morgan fingerprint density at radius 3 is 2.40 bits per heavy atom. The zero-order chi connectivity index (χ0) is 14.8. The SMILES string of the molecule is O=C(O)c1ccc(S(=O)(=O)Cc2ccncc2)c(F)c1. The predicted octanol–water partition coefficient (Wildman–Crippen LogP) is 1.89. The number of hydrogen-bond acceptors (Lipinski definition) is 4. The first-order valence-electron chi connectivity index (χ1n) is 5.54. The lowest BCUT2D eigenvalue weighted by Gasteiger charge is -2.06. The van der Waals surface area contributed by atoms with Crippen LogP contribution in [0.1, 0.15) is 15.9 Å². The van der Waals surface area contributed by atoms with Crippen LogP contribution in [0.3, 0.4) is 0 Å². The highest BCUT2D eigenvalue weighted by Gasteiger charge is 2.21. The van der Waals surface area contributed by atoms with Crippen molar-refractivity contribution in [3.63, 3.8) is 0 Å². The molecule has 0 amide bonds. The Hall–Kier alpha value is -2.28. The summed E-state index contributed by atoms with van der Waals surface area (Å²) < 4.78 is 37.9. The zero-order valence-corrected chi connectivity index (χ0v) is 11.0. The maximum absolute atomic E-state index is 13.8. The van der Waals surface area contributed by atoms with Crippen molar-refractivity contribution in [3.05, 3.63) is 59.7 Å². The van der Waals surface area contributed by atoms with E-state index in [4.69, 9.17) is 5.11 Å². The molecule has 0 unspecified atom stereocenters. The molecule has 0 fully saturated rings. The van der Waals surface area contributed by atoms with Crippen LogP contribution in [0.4, 0.5) is 4.39 Å². The molecule has 7 heteroatoms. The van der Waals surface area contributed by atoms with E-state index in [-0.39, 0.29) is 11.3 Å². The van der Waals surface area contributed by atoms with Crippen molar-refractivity contribution in [1.82, 2.24) is 4.98 Å². The number of carboxylic acid groups (broad SMARTS) is 1. The summed E-state index contributed by atoms with van der Waals surface area (Å²) in [5.41, 5.74) is 0.173. The smallest absolute Gasteiger partial charge is 0.335 e. The lowest BCUT2D eigenvalue weighted by molar-refractivity contribution is 0.0696. The van der Waals surface area contributed by atoms with Crippen LogP contribution in [0.15, 0.2) is 47.6 Å². The number of nitrogens with zero attached hydrogens (tertiary/aromatic N) is 1. The number of benzene rings is 1. The molecule has 20 heavy (non-hydrogen) atoms. The standard InChI is InChI=1S/C13H10FNO4S/c14-11-7-10(13(16)17)1-2-12(11)20(18,19)8-9-3-5-15-6-4-9/h1-7H,8H2,(H,16,17). The van der Waals surface area contributed by atoms with Crippen LogP contribution in [0.5, 0.6) is 0 Å². The number of carboxylic acids is 1. The van der Waals surface area contributed by atoms with E-state index in [1.54, 1.807) is 0 Å². The highest BCUT2D eigenvalue weighted by atomic mass is 32.2. The Morgan fingerprint density at radius 2 is 1.85 bits per heavy atom. The van der Waals surface area contributed by atoms with Crippen LogP contribution in [-0.2, 0) is 15.6 Å². The van der Waals surface area contributed by atoms with Crippen molar-refractivity contribution in [3.8, 4) is 0 Å². The maximum atomic E-state index is 13.8. The Labute approximate surface area is 114 Å². The Balaban J connectivity index is 2.37. The molecule has 0 aliphatic rings. The van der Waals surface area contributed by atoms with Gasteiger partial charge in [-0.15, -0.1) is 0 Å².